The van der Waals surface area contributed by atoms with Gasteiger partial charge in [-0.3, -0.25) is 9.48 Å². The van der Waals surface area contributed by atoms with Crippen molar-refractivity contribution in [3.05, 3.63) is 36.2 Å². The number of nitrogens with zero attached hydrogens (tertiary/aromatic N) is 4. The van der Waals surface area contributed by atoms with E-state index in [4.69, 9.17) is 9.47 Å². The van der Waals surface area contributed by atoms with E-state index in [1.807, 2.05) is 36.2 Å². The van der Waals surface area contributed by atoms with Gasteiger partial charge in [0.25, 0.3) is 0 Å². The molecule has 0 atom stereocenters. The Morgan fingerprint density at radius 1 is 1.08 bits per heavy atom. The third kappa shape index (κ3) is 3.87. The van der Waals surface area contributed by atoms with E-state index in [0.29, 0.717) is 19.5 Å². The van der Waals surface area contributed by atoms with Crippen LogP contribution in [0.25, 0.3) is 0 Å². The predicted molar refractivity (Wildman–Crippen MR) is 95.3 cm³/mol. The second kappa shape index (κ2) is 7.46. The predicted octanol–water partition coefficient (Wildman–Crippen LogP) is 1.33. The summed E-state index contributed by atoms with van der Waals surface area (Å²) in [6.45, 7) is 2.98. The van der Waals surface area contributed by atoms with Crippen LogP contribution in [0.3, 0.4) is 0 Å². The first-order valence-corrected chi connectivity index (χ1v) is 8.33. The van der Waals surface area contributed by atoms with E-state index >= 15 is 0 Å². The first-order valence-electron chi connectivity index (χ1n) is 8.33. The fraction of sp³-hybridized carbons (Fsp3) is 0.444. The number of carbonyl (C=O) groups is 1. The average Bonchev–Trinajstić information content (AvgIpc) is 3.06. The third-order valence-electron chi connectivity index (χ3n) is 4.59. The molecule has 2 heterocycles. The monoisotopic (exact) mass is 344 g/mol. The largest absolute Gasteiger partial charge is 0.497 e. The highest BCUT2D eigenvalue weighted by Crippen LogP contribution is 2.29. The fourth-order valence-corrected chi connectivity index (χ4v) is 3.03. The van der Waals surface area contributed by atoms with Gasteiger partial charge in [-0.2, -0.15) is 5.10 Å². The Kier molecular flexibility index (Phi) is 5.11. The molecule has 1 saturated heterocycles. The highest BCUT2D eigenvalue weighted by Gasteiger charge is 2.22. The lowest BCUT2D eigenvalue weighted by atomic mass is 10.2. The zero-order valence-electron chi connectivity index (χ0n) is 14.9. The molecule has 0 saturated carbocycles. The molecule has 0 spiro atoms. The summed E-state index contributed by atoms with van der Waals surface area (Å²) in [4.78, 5) is 16.7. The maximum absolute atomic E-state index is 12.5. The van der Waals surface area contributed by atoms with Crippen molar-refractivity contribution in [2.24, 2.45) is 7.05 Å². The van der Waals surface area contributed by atoms with Crippen LogP contribution in [0, 0.1) is 0 Å². The summed E-state index contributed by atoms with van der Waals surface area (Å²) in [7, 11) is 5.15. The van der Waals surface area contributed by atoms with Gasteiger partial charge in [-0.15, -0.1) is 0 Å². The lowest BCUT2D eigenvalue weighted by Crippen LogP contribution is -2.49. The van der Waals surface area contributed by atoms with Crippen LogP contribution < -0.4 is 14.4 Å². The van der Waals surface area contributed by atoms with Crippen LogP contribution in [0.15, 0.2) is 30.5 Å². The second-order valence-electron chi connectivity index (χ2n) is 6.06. The second-order valence-corrected chi connectivity index (χ2v) is 6.06. The Hall–Kier alpha value is -2.70. The van der Waals surface area contributed by atoms with E-state index in [9.17, 15) is 4.79 Å². The molecule has 25 heavy (non-hydrogen) atoms. The Balaban J connectivity index is 1.62. The number of methoxy groups -OCH3 is 2. The van der Waals surface area contributed by atoms with Crippen molar-refractivity contribution in [1.29, 1.82) is 0 Å². The van der Waals surface area contributed by atoms with Gasteiger partial charge < -0.3 is 19.3 Å². The molecule has 1 aliphatic heterocycles. The Morgan fingerprint density at radius 2 is 1.72 bits per heavy atom. The van der Waals surface area contributed by atoms with E-state index in [-0.39, 0.29) is 5.91 Å². The molecule has 0 N–H and O–H groups in total. The van der Waals surface area contributed by atoms with Gasteiger partial charge in [-0.1, -0.05) is 0 Å². The summed E-state index contributed by atoms with van der Waals surface area (Å²) in [5.74, 6) is 1.68. The first kappa shape index (κ1) is 17.1. The topological polar surface area (TPSA) is 59.8 Å². The molecule has 2 aromatic rings. The van der Waals surface area contributed by atoms with E-state index in [1.54, 1.807) is 25.1 Å². The zero-order valence-corrected chi connectivity index (χ0v) is 14.9. The smallest absolute Gasteiger partial charge is 0.228 e. The molecule has 7 nitrogen and oxygen atoms in total. The number of rotatable bonds is 5. The number of benzene rings is 1. The molecule has 1 fully saturated rings. The molecular weight excluding hydrogens is 320 g/mol. The quantitative estimate of drug-likeness (QED) is 0.819. The maximum Gasteiger partial charge on any atom is 0.228 e. The highest BCUT2D eigenvalue weighted by molar-refractivity contribution is 5.78. The molecule has 0 radical (unpaired) electrons. The average molecular weight is 344 g/mol. The van der Waals surface area contributed by atoms with Gasteiger partial charge in [0.15, 0.2) is 0 Å². The van der Waals surface area contributed by atoms with Crippen molar-refractivity contribution < 1.29 is 14.3 Å². The molecule has 1 amide bonds. The van der Waals surface area contributed by atoms with Crippen molar-refractivity contribution in [2.45, 2.75) is 6.42 Å². The lowest BCUT2D eigenvalue weighted by molar-refractivity contribution is -0.130. The number of hydrogen-bond donors (Lipinski definition) is 0. The number of hydrogen-bond acceptors (Lipinski definition) is 5. The van der Waals surface area contributed by atoms with Crippen LogP contribution in [0.5, 0.6) is 11.5 Å². The Labute approximate surface area is 147 Å². The fourth-order valence-electron chi connectivity index (χ4n) is 3.03. The van der Waals surface area contributed by atoms with Crippen molar-refractivity contribution in [3.63, 3.8) is 0 Å². The molecule has 1 aromatic carbocycles. The Bertz CT molecular complexity index is 713. The Morgan fingerprint density at radius 3 is 2.24 bits per heavy atom. The van der Waals surface area contributed by atoms with Gasteiger partial charge >= 0.3 is 0 Å². The van der Waals surface area contributed by atoms with Gasteiger partial charge in [-0.25, -0.2) is 0 Å². The summed E-state index contributed by atoms with van der Waals surface area (Å²) in [5, 5.41) is 4.11. The molecule has 134 valence electrons. The van der Waals surface area contributed by atoms with Gasteiger partial charge in [0.1, 0.15) is 11.5 Å². The normalized spacial score (nSPS) is 14.5. The van der Waals surface area contributed by atoms with Crippen LogP contribution >= 0.6 is 0 Å². The molecule has 0 aliphatic carbocycles. The van der Waals surface area contributed by atoms with Crippen LogP contribution in [-0.4, -0.2) is 61.0 Å². The van der Waals surface area contributed by atoms with E-state index in [1.165, 1.54) is 0 Å². The molecule has 1 aromatic heterocycles. The van der Waals surface area contributed by atoms with Crippen LogP contribution in [-0.2, 0) is 18.3 Å². The molecule has 0 bridgehead atoms. The summed E-state index contributed by atoms with van der Waals surface area (Å²) >= 11 is 0. The maximum atomic E-state index is 12.5. The summed E-state index contributed by atoms with van der Waals surface area (Å²) in [6, 6.07) is 7.74. The lowest BCUT2D eigenvalue weighted by Gasteiger charge is -2.36. The SMILES string of the molecule is COc1cc(OC)cc(N2CCN(C(=O)Cc3ccnn3C)CC2)c1. The number of aryl methyl sites for hydroxylation is 1. The van der Waals surface area contributed by atoms with Gasteiger partial charge in [-0.05, 0) is 6.07 Å². The first-order chi connectivity index (χ1) is 12.1. The number of ether oxygens (including phenoxy) is 2. The molecule has 3 rings (SSSR count). The molecule has 0 unspecified atom stereocenters. The van der Waals surface area contributed by atoms with E-state index in [0.717, 1.165) is 36.0 Å². The van der Waals surface area contributed by atoms with Crippen LogP contribution in [0.2, 0.25) is 0 Å². The van der Waals surface area contributed by atoms with Crippen LogP contribution in [0.1, 0.15) is 5.69 Å². The summed E-state index contributed by atoms with van der Waals surface area (Å²) in [6.07, 6.45) is 2.11. The molecule has 1 aliphatic rings. The van der Waals surface area contributed by atoms with Crippen molar-refractivity contribution in [3.8, 4) is 11.5 Å². The zero-order chi connectivity index (χ0) is 17.8. The van der Waals surface area contributed by atoms with Gasteiger partial charge in [0.2, 0.25) is 5.91 Å². The van der Waals surface area contributed by atoms with E-state index in [2.05, 4.69) is 10.00 Å². The molecule has 7 heteroatoms. The molecular formula is C18H24N4O3. The minimum atomic E-state index is 0.145. The van der Waals surface area contributed by atoms with Gasteiger partial charge in [0, 0.05) is 69.0 Å². The number of anilines is 1. The van der Waals surface area contributed by atoms with E-state index < -0.39 is 0 Å². The third-order valence-corrected chi connectivity index (χ3v) is 4.59. The minimum Gasteiger partial charge on any atom is -0.497 e. The summed E-state index contributed by atoms with van der Waals surface area (Å²) < 4.78 is 12.4. The highest BCUT2D eigenvalue weighted by atomic mass is 16.5. The minimum absolute atomic E-state index is 0.145. The van der Waals surface area contributed by atoms with Crippen molar-refractivity contribution >= 4 is 11.6 Å². The van der Waals surface area contributed by atoms with Crippen LogP contribution in [0.4, 0.5) is 5.69 Å². The number of amides is 1. The van der Waals surface area contributed by atoms with Crippen molar-refractivity contribution in [2.75, 3.05) is 45.3 Å². The number of piperazine rings is 1. The number of carbonyl (C=O) groups excluding carboxylic acids is 1. The number of aromatic nitrogens is 2. The van der Waals surface area contributed by atoms with Gasteiger partial charge in [0.05, 0.1) is 20.6 Å². The summed E-state index contributed by atoms with van der Waals surface area (Å²) in [5.41, 5.74) is 1.99. The standard InChI is InChI=1S/C18H24N4O3/c1-20-14(4-5-19-20)12-18(23)22-8-6-21(7-9-22)15-10-16(24-2)13-17(11-15)25-3/h4-5,10-11,13H,6-9,12H2,1-3H3. The van der Waals surface area contributed by atoms with Crippen molar-refractivity contribution in [1.82, 2.24) is 14.7 Å².